The summed E-state index contributed by atoms with van der Waals surface area (Å²) in [6.45, 7) is 6.88. The fraction of sp³-hybridized carbons (Fsp3) is 0.647. The largest absolute Gasteiger partial charge is 0.497 e. The number of ether oxygens (including phenoxy) is 1. The Morgan fingerprint density at radius 2 is 1.80 bits per heavy atom. The van der Waals surface area contributed by atoms with Crippen molar-refractivity contribution in [2.24, 2.45) is 0 Å². The van der Waals surface area contributed by atoms with E-state index < -0.39 is 0 Å². The zero-order chi connectivity index (χ0) is 14.5. The molecule has 0 aliphatic carbocycles. The number of rotatable bonds is 5. The van der Waals surface area contributed by atoms with Crippen LogP contribution < -0.4 is 10.2 Å². The second kappa shape index (κ2) is 7.09. The van der Waals surface area contributed by atoms with E-state index >= 15 is 0 Å². The van der Waals surface area contributed by atoms with Gasteiger partial charge in [-0.05, 0) is 50.8 Å². The standard InChI is InChI=1S/C17H28N2O/c1-5-17(15-9-11-16(20-4)12-10-15)18-19-13(2)7-6-8-14(19)3/h9-14,17-18H,5-8H2,1-4H3. The summed E-state index contributed by atoms with van der Waals surface area (Å²) in [4.78, 5) is 0. The lowest BCUT2D eigenvalue weighted by Crippen LogP contribution is -2.53. The number of benzene rings is 1. The van der Waals surface area contributed by atoms with Crippen LogP contribution in [-0.4, -0.2) is 24.2 Å². The highest BCUT2D eigenvalue weighted by atomic mass is 16.5. The van der Waals surface area contributed by atoms with Crippen molar-refractivity contribution in [1.82, 2.24) is 10.4 Å². The van der Waals surface area contributed by atoms with Crippen LogP contribution in [0.3, 0.4) is 0 Å². The number of hydrazine groups is 1. The quantitative estimate of drug-likeness (QED) is 0.882. The van der Waals surface area contributed by atoms with Crippen LogP contribution in [0.15, 0.2) is 24.3 Å². The maximum atomic E-state index is 5.24. The number of nitrogens with zero attached hydrogens (tertiary/aromatic N) is 1. The molecule has 3 nitrogen and oxygen atoms in total. The lowest BCUT2D eigenvalue weighted by molar-refractivity contribution is 0.0283. The Morgan fingerprint density at radius 3 is 2.30 bits per heavy atom. The highest BCUT2D eigenvalue weighted by Gasteiger charge is 2.26. The van der Waals surface area contributed by atoms with E-state index in [1.54, 1.807) is 7.11 Å². The zero-order valence-corrected chi connectivity index (χ0v) is 13.2. The van der Waals surface area contributed by atoms with E-state index in [1.807, 2.05) is 12.1 Å². The Kier molecular flexibility index (Phi) is 5.44. The Hall–Kier alpha value is -1.06. The normalized spacial score (nSPS) is 25.4. The molecule has 1 saturated heterocycles. The third kappa shape index (κ3) is 3.53. The molecular formula is C17H28N2O. The average molecular weight is 276 g/mol. The van der Waals surface area contributed by atoms with Gasteiger partial charge in [-0.2, -0.15) is 0 Å². The van der Waals surface area contributed by atoms with Crippen molar-refractivity contribution in [2.45, 2.75) is 64.6 Å². The molecule has 112 valence electrons. The Labute approximate surface area is 123 Å². The summed E-state index contributed by atoms with van der Waals surface area (Å²) in [7, 11) is 1.71. The minimum atomic E-state index is 0.379. The van der Waals surface area contributed by atoms with Crippen LogP contribution in [0.25, 0.3) is 0 Å². The molecule has 1 N–H and O–H groups in total. The van der Waals surface area contributed by atoms with Crippen LogP contribution in [0.1, 0.15) is 58.1 Å². The van der Waals surface area contributed by atoms with Crippen LogP contribution >= 0.6 is 0 Å². The lowest BCUT2D eigenvalue weighted by atomic mass is 9.99. The average Bonchev–Trinajstić information content (AvgIpc) is 2.47. The zero-order valence-electron chi connectivity index (χ0n) is 13.2. The van der Waals surface area contributed by atoms with Gasteiger partial charge < -0.3 is 4.74 Å². The molecule has 2 rings (SSSR count). The summed E-state index contributed by atoms with van der Waals surface area (Å²) in [5.41, 5.74) is 5.08. The van der Waals surface area contributed by atoms with Crippen molar-refractivity contribution in [3.05, 3.63) is 29.8 Å². The molecule has 1 aliphatic rings. The highest BCUT2D eigenvalue weighted by molar-refractivity contribution is 5.29. The smallest absolute Gasteiger partial charge is 0.118 e. The summed E-state index contributed by atoms with van der Waals surface area (Å²) >= 11 is 0. The molecule has 1 aliphatic heterocycles. The van der Waals surface area contributed by atoms with Gasteiger partial charge in [0, 0.05) is 18.1 Å². The minimum Gasteiger partial charge on any atom is -0.497 e. The Balaban J connectivity index is 2.07. The fourth-order valence-corrected chi connectivity index (χ4v) is 3.09. The molecule has 3 atom stereocenters. The van der Waals surface area contributed by atoms with Gasteiger partial charge in [0.2, 0.25) is 0 Å². The molecule has 0 amide bonds. The van der Waals surface area contributed by atoms with Gasteiger partial charge in [-0.1, -0.05) is 25.5 Å². The fourth-order valence-electron chi connectivity index (χ4n) is 3.09. The van der Waals surface area contributed by atoms with Crippen molar-refractivity contribution >= 4 is 0 Å². The van der Waals surface area contributed by atoms with E-state index in [1.165, 1.54) is 24.8 Å². The maximum absolute atomic E-state index is 5.24. The van der Waals surface area contributed by atoms with Gasteiger partial charge in [0.05, 0.1) is 7.11 Å². The summed E-state index contributed by atoms with van der Waals surface area (Å²) in [6, 6.07) is 10.0. The van der Waals surface area contributed by atoms with Crippen molar-refractivity contribution in [3.63, 3.8) is 0 Å². The number of methoxy groups -OCH3 is 1. The summed E-state index contributed by atoms with van der Waals surface area (Å²) in [5, 5.41) is 2.46. The van der Waals surface area contributed by atoms with Crippen LogP contribution in [0, 0.1) is 0 Å². The molecule has 1 heterocycles. The summed E-state index contributed by atoms with van der Waals surface area (Å²) in [6.07, 6.45) is 5.01. The molecule has 0 aromatic heterocycles. The van der Waals surface area contributed by atoms with Crippen molar-refractivity contribution in [3.8, 4) is 5.75 Å². The maximum Gasteiger partial charge on any atom is 0.118 e. The van der Waals surface area contributed by atoms with Crippen LogP contribution in [0.2, 0.25) is 0 Å². The van der Waals surface area contributed by atoms with Crippen LogP contribution in [0.5, 0.6) is 5.75 Å². The molecule has 20 heavy (non-hydrogen) atoms. The van der Waals surface area contributed by atoms with E-state index in [2.05, 4.69) is 43.3 Å². The molecule has 3 unspecified atom stereocenters. The monoisotopic (exact) mass is 276 g/mol. The third-order valence-corrected chi connectivity index (χ3v) is 4.42. The molecule has 0 spiro atoms. The molecule has 1 aromatic carbocycles. The Morgan fingerprint density at radius 1 is 1.20 bits per heavy atom. The van der Waals surface area contributed by atoms with Crippen molar-refractivity contribution < 1.29 is 4.74 Å². The predicted octanol–water partition coefficient (Wildman–Crippen LogP) is 3.91. The van der Waals surface area contributed by atoms with E-state index in [0.29, 0.717) is 18.1 Å². The SMILES string of the molecule is CCC(NN1C(C)CCCC1C)c1ccc(OC)cc1. The van der Waals surface area contributed by atoms with Crippen LogP contribution in [0.4, 0.5) is 0 Å². The summed E-state index contributed by atoms with van der Waals surface area (Å²) < 4.78 is 5.24. The molecule has 0 radical (unpaired) electrons. The number of hydrogen-bond donors (Lipinski definition) is 1. The van der Waals surface area contributed by atoms with Gasteiger partial charge in [0.15, 0.2) is 0 Å². The van der Waals surface area contributed by atoms with Gasteiger partial charge in [-0.15, -0.1) is 0 Å². The number of hydrogen-bond acceptors (Lipinski definition) is 3. The van der Waals surface area contributed by atoms with E-state index in [0.717, 1.165) is 12.2 Å². The molecule has 0 saturated carbocycles. The van der Waals surface area contributed by atoms with Crippen molar-refractivity contribution in [2.75, 3.05) is 7.11 Å². The second-order valence-corrected chi connectivity index (χ2v) is 5.90. The first-order valence-electron chi connectivity index (χ1n) is 7.84. The van der Waals surface area contributed by atoms with Gasteiger partial charge in [-0.3, -0.25) is 0 Å². The van der Waals surface area contributed by atoms with Crippen LogP contribution in [-0.2, 0) is 0 Å². The number of piperidine rings is 1. The summed E-state index contributed by atoms with van der Waals surface area (Å²) in [5.74, 6) is 0.920. The third-order valence-electron chi connectivity index (χ3n) is 4.42. The first-order valence-corrected chi connectivity index (χ1v) is 7.84. The topological polar surface area (TPSA) is 24.5 Å². The van der Waals surface area contributed by atoms with E-state index in [-0.39, 0.29) is 0 Å². The van der Waals surface area contributed by atoms with Gasteiger partial charge in [-0.25, -0.2) is 10.4 Å². The first-order chi connectivity index (χ1) is 9.65. The molecular weight excluding hydrogens is 248 g/mol. The Bertz CT molecular complexity index is 394. The highest BCUT2D eigenvalue weighted by Crippen LogP contribution is 2.25. The first kappa shape index (κ1) is 15.3. The van der Waals surface area contributed by atoms with Crippen molar-refractivity contribution in [1.29, 1.82) is 0 Å². The van der Waals surface area contributed by atoms with E-state index in [4.69, 9.17) is 4.74 Å². The molecule has 0 bridgehead atoms. The second-order valence-electron chi connectivity index (χ2n) is 5.90. The molecule has 3 heteroatoms. The van der Waals surface area contributed by atoms with Gasteiger partial charge in [0.25, 0.3) is 0 Å². The van der Waals surface area contributed by atoms with Gasteiger partial charge in [0.1, 0.15) is 5.75 Å². The molecule has 1 aromatic rings. The predicted molar refractivity (Wildman–Crippen MR) is 83.8 cm³/mol. The number of nitrogens with one attached hydrogen (secondary N) is 1. The lowest BCUT2D eigenvalue weighted by Gasteiger charge is -2.41. The van der Waals surface area contributed by atoms with Gasteiger partial charge >= 0.3 is 0 Å². The van der Waals surface area contributed by atoms with E-state index in [9.17, 15) is 0 Å². The molecule has 1 fully saturated rings. The minimum absolute atomic E-state index is 0.379.